The predicted octanol–water partition coefficient (Wildman–Crippen LogP) is 21.5. The van der Waals surface area contributed by atoms with Crippen LogP contribution >= 0.6 is 0 Å². The van der Waals surface area contributed by atoms with Crippen molar-refractivity contribution in [2.45, 2.75) is 334 Å². The Morgan fingerprint density at radius 1 is 0.347 bits per heavy atom. The van der Waals surface area contributed by atoms with Gasteiger partial charge in [-0.25, -0.2) is 0 Å². The molecule has 2 unspecified atom stereocenters. The molecule has 0 radical (unpaired) electrons. The molecule has 0 bridgehead atoms. The predicted molar refractivity (Wildman–Crippen MR) is 322 cm³/mol. The van der Waals surface area contributed by atoms with Crippen LogP contribution in [0.2, 0.25) is 0 Å². The van der Waals surface area contributed by atoms with Gasteiger partial charge < -0.3 is 15.5 Å². The van der Waals surface area contributed by atoms with E-state index in [1.54, 1.807) is 0 Å². The number of hydrogen-bond acceptors (Lipinski definition) is 3. The van der Waals surface area contributed by atoms with Gasteiger partial charge in [0.1, 0.15) is 0 Å². The lowest BCUT2D eigenvalue weighted by Crippen LogP contribution is -2.45. The van der Waals surface area contributed by atoms with Crippen molar-refractivity contribution in [1.29, 1.82) is 0 Å². The molecule has 0 saturated heterocycles. The SMILES string of the molecule is CC/C=C\C/C=C\C/C=C\C/C=C\C/C=C\C/C=C\C/C=C\CCCCCCCC(=O)NC(CO)C(O)CCCCCCCCCCCCCCCCCCCCCCCCCCCCCCCCCCC. The molecule has 0 aromatic carbocycles. The number of carbonyl (C=O) groups excluding carboxylic acids is 1. The average Bonchev–Trinajstić information content (AvgIpc) is 3.39. The van der Waals surface area contributed by atoms with Gasteiger partial charge in [-0.1, -0.05) is 330 Å². The summed E-state index contributed by atoms with van der Waals surface area (Å²) in [5.74, 6) is -0.0494. The van der Waals surface area contributed by atoms with Gasteiger partial charge in [0.25, 0.3) is 0 Å². The zero-order chi connectivity index (χ0) is 52.0. The summed E-state index contributed by atoms with van der Waals surface area (Å²) < 4.78 is 0. The van der Waals surface area contributed by atoms with Crippen LogP contribution in [0.4, 0.5) is 0 Å². The van der Waals surface area contributed by atoms with E-state index < -0.39 is 12.1 Å². The fourth-order valence-corrected chi connectivity index (χ4v) is 9.64. The Hall–Kier alpha value is -2.43. The van der Waals surface area contributed by atoms with Crippen LogP contribution in [-0.4, -0.2) is 34.9 Å². The van der Waals surface area contributed by atoms with Gasteiger partial charge >= 0.3 is 0 Å². The van der Waals surface area contributed by atoms with Gasteiger partial charge in [0.2, 0.25) is 5.91 Å². The van der Waals surface area contributed by atoms with E-state index in [-0.39, 0.29) is 12.5 Å². The van der Waals surface area contributed by atoms with Crippen molar-refractivity contribution in [2.24, 2.45) is 0 Å². The lowest BCUT2D eigenvalue weighted by Gasteiger charge is -2.22. The van der Waals surface area contributed by atoms with Crippen molar-refractivity contribution < 1.29 is 15.0 Å². The molecule has 0 heterocycles. The summed E-state index contributed by atoms with van der Waals surface area (Å²) in [6.07, 6.45) is 91.8. The summed E-state index contributed by atoms with van der Waals surface area (Å²) in [5.41, 5.74) is 0. The second kappa shape index (κ2) is 62.9. The third-order valence-corrected chi connectivity index (χ3v) is 14.4. The zero-order valence-electron chi connectivity index (χ0n) is 48.2. The van der Waals surface area contributed by atoms with E-state index in [2.05, 4.69) is 104 Å². The summed E-state index contributed by atoms with van der Waals surface area (Å²) >= 11 is 0. The lowest BCUT2D eigenvalue weighted by atomic mass is 10.0. The smallest absolute Gasteiger partial charge is 0.220 e. The van der Waals surface area contributed by atoms with Gasteiger partial charge in [0.05, 0.1) is 18.8 Å². The summed E-state index contributed by atoms with van der Waals surface area (Å²) in [4.78, 5) is 12.5. The standard InChI is InChI=1S/C68H123NO3/c1-3-5-7-9-11-13-15-17-19-21-23-25-27-29-31-32-33-34-35-36-38-39-41-43-45-47-49-51-53-55-57-59-61-63-67(71)66(65-70)69-68(72)64-62-60-58-56-54-52-50-48-46-44-42-40-37-30-28-26-24-22-20-18-16-14-12-10-8-6-4-2/h6,8,12,14,18,20,24,26,30,37,42,44,48,50,66-67,70-71H,3-5,7,9-11,13,15-17,19,21-23,25,27-29,31-36,38-41,43,45-47,49,51-65H2,1-2H3,(H,69,72)/b8-6-,14-12-,20-18-,26-24-,37-30-,44-42-,50-48-. The van der Waals surface area contributed by atoms with Gasteiger partial charge in [-0.2, -0.15) is 0 Å². The van der Waals surface area contributed by atoms with E-state index in [1.807, 2.05) is 0 Å². The molecule has 72 heavy (non-hydrogen) atoms. The first-order valence-corrected chi connectivity index (χ1v) is 31.8. The fourth-order valence-electron chi connectivity index (χ4n) is 9.64. The third kappa shape index (κ3) is 58.5. The van der Waals surface area contributed by atoms with Crippen LogP contribution in [0.5, 0.6) is 0 Å². The first kappa shape index (κ1) is 69.6. The Bertz CT molecular complexity index is 1270. The van der Waals surface area contributed by atoms with Crippen molar-refractivity contribution in [3.63, 3.8) is 0 Å². The first-order chi connectivity index (χ1) is 35.7. The monoisotopic (exact) mass is 1000 g/mol. The highest BCUT2D eigenvalue weighted by Gasteiger charge is 2.20. The Morgan fingerprint density at radius 2 is 0.611 bits per heavy atom. The van der Waals surface area contributed by atoms with Gasteiger partial charge in [-0.05, 0) is 70.6 Å². The second-order valence-corrected chi connectivity index (χ2v) is 21.5. The quantitative estimate of drug-likeness (QED) is 0.0420. The molecule has 0 aromatic rings. The summed E-state index contributed by atoms with van der Waals surface area (Å²) in [7, 11) is 0. The molecular weight excluding hydrogens is 879 g/mol. The summed E-state index contributed by atoms with van der Waals surface area (Å²) in [6.45, 7) is 4.26. The number of rotatable bonds is 58. The van der Waals surface area contributed by atoms with Crippen LogP contribution < -0.4 is 5.32 Å². The van der Waals surface area contributed by atoms with Gasteiger partial charge in [0.15, 0.2) is 0 Å². The average molecular weight is 1000 g/mol. The molecule has 4 nitrogen and oxygen atoms in total. The molecule has 1 amide bonds. The van der Waals surface area contributed by atoms with Gasteiger partial charge in [-0.15, -0.1) is 0 Å². The normalized spacial score (nSPS) is 13.3. The highest BCUT2D eigenvalue weighted by Crippen LogP contribution is 2.18. The lowest BCUT2D eigenvalue weighted by molar-refractivity contribution is -0.123. The molecule has 0 aromatic heterocycles. The number of carbonyl (C=O) groups is 1. The summed E-state index contributed by atoms with van der Waals surface area (Å²) in [5, 5.41) is 23.4. The van der Waals surface area contributed by atoms with Gasteiger partial charge in [0, 0.05) is 6.42 Å². The molecule has 0 aliphatic heterocycles. The van der Waals surface area contributed by atoms with Crippen molar-refractivity contribution in [1.82, 2.24) is 5.32 Å². The van der Waals surface area contributed by atoms with Crippen LogP contribution in [0.3, 0.4) is 0 Å². The number of amides is 1. The molecule has 0 aliphatic carbocycles. The fraction of sp³-hybridized carbons (Fsp3) is 0.779. The molecule has 0 saturated carbocycles. The highest BCUT2D eigenvalue weighted by atomic mass is 16.3. The third-order valence-electron chi connectivity index (χ3n) is 14.4. The highest BCUT2D eigenvalue weighted by molar-refractivity contribution is 5.76. The van der Waals surface area contributed by atoms with Crippen LogP contribution in [-0.2, 0) is 4.79 Å². The molecule has 2 atom stereocenters. The second-order valence-electron chi connectivity index (χ2n) is 21.5. The Kier molecular flexibility index (Phi) is 60.7. The van der Waals surface area contributed by atoms with E-state index in [1.165, 1.54) is 212 Å². The first-order valence-electron chi connectivity index (χ1n) is 31.8. The maximum atomic E-state index is 12.5. The Balaban J connectivity index is 3.49. The van der Waals surface area contributed by atoms with E-state index in [0.717, 1.165) is 83.5 Å². The summed E-state index contributed by atoms with van der Waals surface area (Å²) in [6, 6.07) is -0.555. The number of unbranched alkanes of at least 4 members (excludes halogenated alkanes) is 37. The van der Waals surface area contributed by atoms with E-state index in [0.29, 0.717) is 12.8 Å². The molecule has 0 rings (SSSR count). The largest absolute Gasteiger partial charge is 0.394 e. The van der Waals surface area contributed by atoms with Crippen molar-refractivity contribution in [3.8, 4) is 0 Å². The van der Waals surface area contributed by atoms with Crippen LogP contribution in [0.15, 0.2) is 85.1 Å². The maximum Gasteiger partial charge on any atom is 0.220 e. The molecular formula is C68H123NO3. The molecule has 0 fully saturated rings. The van der Waals surface area contributed by atoms with Crippen molar-refractivity contribution in [3.05, 3.63) is 85.1 Å². The minimum absolute atomic E-state index is 0.0494. The molecule has 418 valence electrons. The van der Waals surface area contributed by atoms with Crippen molar-refractivity contribution >= 4 is 5.91 Å². The van der Waals surface area contributed by atoms with E-state index >= 15 is 0 Å². The maximum absolute atomic E-state index is 12.5. The van der Waals surface area contributed by atoms with E-state index in [9.17, 15) is 15.0 Å². The minimum Gasteiger partial charge on any atom is -0.394 e. The van der Waals surface area contributed by atoms with Crippen LogP contribution in [0.1, 0.15) is 322 Å². The molecule has 0 aliphatic rings. The molecule has 4 heteroatoms. The number of aliphatic hydroxyl groups is 2. The zero-order valence-corrected chi connectivity index (χ0v) is 48.2. The number of hydrogen-bond donors (Lipinski definition) is 3. The number of nitrogens with one attached hydrogen (secondary N) is 1. The Morgan fingerprint density at radius 3 is 0.917 bits per heavy atom. The number of allylic oxidation sites excluding steroid dienone is 14. The van der Waals surface area contributed by atoms with Crippen LogP contribution in [0, 0.1) is 0 Å². The molecule has 0 spiro atoms. The van der Waals surface area contributed by atoms with E-state index in [4.69, 9.17) is 0 Å². The number of aliphatic hydroxyl groups excluding tert-OH is 2. The molecule has 3 N–H and O–H groups in total. The Labute approximate surface area is 450 Å². The minimum atomic E-state index is -0.676. The van der Waals surface area contributed by atoms with Crippen LogP contribution in [0.25, 0.3) is 0 Å². The topological polar surface area (TPSA) is 69.6 Å². The van der Waals surface area contributed by atoms with Gasteiger partial charge in [-0.3, -0.25) is 4.79 Å². The van der Waals surface area contributed by atoms with Crippen molar-refractivity contribution in [2.75, 3.05) is 6.61 Å².